The predicted molar refractivity (Wildman–Crippen MR) is 140 cm³/mol. The number of benzene rings is 2. The lowest BCUT2D eigenvalue weighted by Gasteiger charge is -2.40. The minimum absolute atomic E-state index is 0.0553. The molecule has 2 aromatic rings. The summed E-state index contributed by atoms with van der Waals surface area (Å²) < 4.78 is 55.6. The second kappa shape index (κ2) is 10.8. The topological polar surface area (TPSA) is 169 Å². The third-order valence-electron chi connectivity index (χ3n) is 7.79. The summed E-state index contributed by atoms with van der Waals surface area (Å²) in [5, 5.41) is 34.9. The third-order valence-corrected chi connectivity index (χ3v) is 7.79. The molecule has 4 unspecified atom stereocenters. The normalized spacial score (nSPS) is 24.8. The molecule has 5 atom stereocenters. The van der Waals surface area contributed by atoms with Crippen LogP contribution in [0.2, 0.25) is 0 Å². The fourth-order valence-corrected chi connectivity index (χ4v) is 5.67. The van der Waals surface area contributed by atoms with Gasteiger partial charge in [0.05, 0.1) is 42.0 Å². The fourth-order valence-electron chi connectivity index (χ4n) is 5.67. The third kappa shape index (κ3) is 5.04. The molecule has 1 heterocycles. The van der Waals surface area contributed by atoms with E-state index in [1.165, 1.54) is 45.2 Å². The Kier molecular flexibility index (Phi) is 7.57. The molecule has 3 aliphatic rings. The number of Topliss-reactive ketones (excluding diaryl/α,β-unsaturated/α-hetero) is 1. The minimum Gasteiger partial charge on any atom is -0.507 e. The summed E-state index contributed by atoms with van der Waals surface area (Å²) in [6, 6.07) is 2.85. The standard InChI is InChI=1S/C29H26F3NO10/c1-10(34)12-7-14-20(17(8-12)43-18-9-15(23(35)11(2)42-18)33-28(40)29(30,31)32)27(39)22-21(25(14)37)24(36)13-5-4-6-16(41-3)19(13)26(22)38/h4-7,11,15,17-18,23,35,37,39H,8-9H2,1-3H3,(H,33,40)/t11?,15?,17-,18?,23?/m0/s1. The van der Waals surface area contributed by atoms with Crippen molar-refractivity contribution >= 4 is 29.3 Å². The van der Waals surface area contributed by atoms with E-state index in [0.717, 1.165) is 0 Å². The maximum Gasteiger partial charge on any atom is 0.471 e. The number of aromatic hydroxyl groups is 2. The number of alkyl halides is 3. The van der Waals surface area contributed by atoms with Crippen LogP contribution < -0.4 is 10.1 Å². The van der Waals surface area contributed by atoms with Crippen LogP contribution in [0.25, 0.3) is 6.08 Å². The van der Waals surface area contributed by atoms with Crippen molar-refractivity contribution in [3.8, 4) is 17.2 Å². The molecule has 0 bridgehead atoms. The Labute approximate surface area is 241 Å². The van der Waals surface area contributed by atoms with E-state index in [-0.39, 0.29) is 40.0 Å². The number of carbonyl (C=O) groups excluding carboxylic acids is 4. The highest BCUT2D eigenvalue weighted by Gasteiger charge is 2.46. The lowest BCUT2D eigenvalue weighted by molar-refractivity contribution is -0.244. The molecule has 228 valence electrons. The Balaban J connectivity index is 1.58. The van der Waals surface area contributed by atoms with Crippen LogP contribution in [-0.2, 0) is 19.1 Å². The number of rotatable bonds is 5. The molecule has 5 rings (SSSR count). The zero-order valence-corrected chi connectivity index (χ0v) is 22.9. The molecule has 0 saturated carbocycles. The molecule has 1 aliphatic heterocycles. The number of halogens is 3. The van der Waals surface area contributed by atoms with Crippen LogP contribution in [0.3, 0.4) is 0 Å². The van der Waals surface area contributed by atoms with Gasteiger partial charge in [-0.3, -0.25) is 19.2 Å². The summed E-state index contributed by atoms with van der Waals surface area (Å²) >= 11 is 0. The number of hydrogen-bond acceptors (Lipinski definition) is 10. The number of fused-ring (bicyclic) bond motifs is 3. The molecule has 2 aromatic carbocycles. The second-order valence-corrected chi connectivity index (χ2v) is 10.4. The average Bonchev–Trinajstić information content (AvgIpc) is 2.94. The lowest BCUT2D eigenvalue weighted by atomic mass is 9.77. The fraction of sp³-hybridized carbons (Fsp3) is 0.379. The summed E-state index contributed by atoms with van der Waals surface area (Å²) in [6.45, 7) is 2.58. The zero-order chi connectivity index (χ0) is 31.5. The van der Waals surface area contributed by atoms with Gasteiger partial charge in [-0.05, 0) is 31.6 Å². The largest absolute Gasteiger partial charge is 0.507 e. The van der Waals surface area contributed by atoms with Gasteiger partial charge in [-0.2, -0.15) is 13.2 Å². The molecule has 0 spiro atoms. The number of phenolic OH excluding ortho intramolecular Hbond substituents is 2. The van der Waals surface area contributed by atoms with Gasteiger partial charge in [-0.1, -0.05) is 12.1 Å². The molecule has 1 saturated heterocycles. The summed E-state index contributed by atoms with van der Waals surface area (Å²) in [7, 11) is 1.29. The number of nitrogens with one attached hydrogen (secondary N) is 1. The van der Waals surface area contributed by atoms with Crippen LogP contribution >= 0.6 is 0 Å². The maximum absolute atomic E-state index is 13.7. The second-order valence-electron chi connectivity index (χ2n) is 10.4. The number of carbonyl (C=O) groups is 4. The van der Waals surface area contributed by atoms with Gasteiger partial charge in [0.25, 0.3) is 0 Å². The van der Waals surface area contributed by atoms with Crippen LogP contribution in [0, 0.1) is 0 Å². The molecule has 4 N–H and O–H groups in total. The van der Waals surface area contributed by atoms with Crippen molar-refractivity contribution in [1.82, 2.24) is 5.32 Å². The number of ketones is 3. The number of ether oxygens (including phenoxy) is 3. The number of phenols is 2. The predicted octanol–water partition coefficient (Wildman–Crippen LogP) is 2.86. The van der Waals surface area contributed by atoms with Gasteiger partial charge in [-0.15, -0.1) is 0 Å². The summed E-state index contributed by atoms with van der Waals surface area (Å²) in [4.78, 5) is 51.2. The molecule has 2 aliphatic carbocycles. The number of aliphatic hydroxyl groups excluding tert-OH is 1. The number of aliphatic hydroxyl groups is 1. The Bertz CT molecular complexity index is 1600. The molecular formula is C29H26F3NO10. The lowest BCUT2D eigenvalue weighted by Crippen LogP contribution is -2.57. The van der Waals surface area contributed by atoms with Crippen molar-refractivity contribution in [3.63, 3.8) is 0 Å². The first-order chi connectivity index (χ1) is 20.1. The highest BCUT2D eigenvalue weighted by molar-refractivity contribution is 6.31. The molecule has 0 aromatic heterocycles. The van der Waals surface area contributed by atoms with Gasteiger partial charge in [0.1, 0.15) is 23.4 Å². The highest BCUT2D eigenvalue weighted by atomic mass is 19.4. The Morgan fingerprint density at radius 1 is 1.07 bits per heavy atom. The molecule has 1 amide bonds. The van der Waals surface area contributed by atoms with E-state index in [1.54, 1.807) is 5.32 Å². The molecule has 1 fully saturated rings. The van der Waals surface area contributed by atoms with Crippen LogP contribution in [0.1, 0.15) is 75.8 Å². The van der Waals surface area contributed by atoms with Gasteiger partial charge in [-0.25, -0.2) is 0 Å². The van der Waals surface area contributed by atoms with Crippen molar-refractivity contribution in [3.05, 3.63) is 57.2 Å². The summed E-state index contributed by atoms with van der Waals surface area (Å²) in [5.74, 6) is -5.67. The van der Waals surface area contributed by atoms with E-state index in [2.05, 4.69) is 0 Å². The molecule has 11 nitrogen and oxygen atoms in total. The first-order valence-corrected chi connectivity index (χ1v) is 13.1. The van der Waals surface area contributed by atoms with Crippen molar-refractivity contribution in [2.75, 3.05) is 7.11 Å². The van der Waals surface area contributed by atoms with Crippen molar-refractivity contribution in [1.29, 1.82) is 0 Å². The zero-order valence-electron chi connectivity index (χ0n) is 22.9. The van der Waals surface area contributed by atoms with E-state index in [9.17, 15) is 47.7 Å². The van der Waals surface area contributed by atoms with Gasteiger partial charge < -0.3 is 34.8 Å². The van der Waals surface area contributed by atoms with E-state index in [1.807, 2.05) is 0 Å². The smallest absolute Gasteiger partial charge is 0.471 e. The summed E-state index contributed by atoms with van der Waals surface area (Å²) in [6.07, 6.45) is -9.97. The van der Waals surface area contributed by atoms with E-state index >= 15 is 0 Å². The monoisotopic (exact) mass is 605 g/mol. The van der Waals surface area contributed by atoms with Crippen LogP contribution in [0.5, 0.6) is 17.2 Å². The van der Waals surface area contributed by atoms with Gasteiger partial charge in [0, 0.05) is 29.5 Å². The van der Waals surface area contributed by atoms with Crippen LogP contribution in [0.15, 0.2) is 23.8 Å². The highest BCUT2D eigenvalue weighted by Crippen LogP contribution is 2.51. The SMILES string of the molecule is COc1cccc2c1C(=O)c1c(O)c3c(c(O)c1C2=O)C=C(C(C)=O)C[C@@H]3OC1CC(NC(=O)C(F)(F)F)C(O)C(C)O1. The van der Waals surface area contributed by atoms with E-state index in [4.69, 9.17) is 14.2 Å². The first kappa shape index (κ1) is 30.2. The van der Waals surface area contributed by atoms with E-state index in [0.29, 0.717) is 0 Å². The van der Waals surface area contributed by atoms with E-state index < -0.39 is 89.1 Å². The number of amides is 1. The van der Waals surface area contributed by atoms with Crippen molar-refractivity contribution in [2.24, 2.45) is 0 Å². The summed E-state index contributed by atoms with van der Waals surface area (Å²) in [5.41, 5.74) is -1.43. The average molecular weight is 606 g/mol. The van der Waals surface area contributed by atoms with Gasteiger partial charge in [0.15, 0.2) is 17.9 Å². The van der Waals surface area contributed by atoms with Gasteiger partial charge in [0.2, 0.25) is 5.78 Å². The number of methoxy groups -OCH3 is 1. The molecule has 0 radical (unpaired) electrons. The quantitative estimate of drug-likeness (QED) is 0.318. The first-order valence-electron chi connectivity index (χ1n) is 13.1. The maximum atomic E-state index is 13.7. The molecule has 14 heteroatoms. The Hall–Kier alpha value is -4.27. The Morgan fingerprint density at radius 2 is 1.74 bits per heavy atom. The Morgan fingerprint density at radius 3 is 2.37 bits per heavy atom. The molecule has 43 heavy (non-hydrogen) atoms. The van der Waals surface area contributed by atoms with Crippen molar-refractivity contribution < 1.29 is 61.9 Å². The van der Waals surface area contributed by atoms with Gasteiger partial charge >= 0.3 is 12.1 Å². The van der Waals surface area contributed by atoms with Crippen LogP contribution in [-0.4, -0.2) is 76.4 Å². The number of hydrogen-bond donors (Lipinski definition) is 4. The van der Waals surface area contributed by atoms with Crippen LogP contribution in [0.4, 0.5) is 13.2 Å². The molecular weight excluding hydrogens is 579 g/mol. The van der Waals surface area contributed by atoms with Crippen molar-refractivity contribution in [2.45, 2.75) is 63.5 Å². The minimum atomic E-state index is -5.21.